The summed E-state index contributed by atoms with van der Waals surface area (Å²) in [7, 11) is 0. The molecule has 1 atom stereocenters. The second kappa shape index (κ2) is 11.5. The minimum atomic E-state index is -2.84. The SMILES string of the molecule is CC(COC(F)F)Nc1ncc(C(=O)NC2CCNCC2)c(NC2CCC(O)CC2)n1. The van der Waals surface area contributed by atoms with Gasteiger partial charge in [-0.05, 0) is 58.5 Å². The van der Waals surface area contributed by atoms with E-state index in [1.165, 1.54) is 6.20 Å². The Morgan fingerprint density at radius 3 is 2.61 bits per heavy atom. The van der Waals surface area contributed by atoms with E-state index in [0.29, 0.717) is 24.2 Å². The third kappa shape index (κ3) is 7.51. The highest BCUT2D eigenvalue weighted by Crippen LogP contribution is 2.24. The van der Waals surface area contributed by atoms with Gasteiger partial charge in [0.2, 0.25) is 5.95 Å². The largest absolute Gasteiger partial charge is 0.393 e. The quantitative estimate of drug-likeness (QED) is 0.392. The summed E-state index contributed by atoms with van der Waals surface area (Å²) in [5.41, 5.74) is 0.340. The summed E-state index contributed by atoms with van der Waals surface area (Å²) in [4.78, 5) is 21.6. The van der Waals surface area contributed by atoms with Crippen molar-refractivity contribution < 1.29 is 23.4 Å². The molecule has 2 fully saturated rings. The number of hydrogen-bond donors (Lipinski definition) is 5. The van der Waals surface area contributed by atoms with Crippen LogP contribution in [-0.4, -0.2) is 71.5 Å². The van der Waals surface area contributed by atoms with E-state index in [2.05, 4.69) is 36.0 Å². The van der Waals surface area contributed by atoms with Gasteiger partial charge >= 0.3 is 6.61 Å². The molecule has 0 spiro atoms. The minimum Gasteiger partial charge on any atom is -0.393 e. The Balaban J connectivity index is 1.71. The zero-order chi connectivity index (χ0) is 22.2. The highest BCUT2D eigenvalue weighted by Gasteiger charge is 2.24. The molecular formula is C20H32F2N6O3. The van der Waals surface area contributed by atoms with Gasteiger partial charge in [0.25, 0.3) is 5.91 Å². The fourth-order valence-corrected chi connectivity index (χ4v) is 3.85. The van der Waals surface area contributed by atoms with Gasteiger partial charge in [-0.3, -0.25) is 4.79 Å². The number of anilines is 2. The Morgan fingerprint density at radius 2 is 1.94 bits per heavy atom. The molecule has 1 aliphatic heterocycles. The molecule has 2 heterocycles. The van der Waals surface area contributed by atoms with Gasteiger partial charge in [-0.1, -0.05) is 0 Å². The Labute approximate surface area is 180 Å². The van der Waals surface area contributed by atoms with E-state index < -0.39 is 12.7 Å². The number of nitrogens with zero attached hydrogens (tertiary/aromatic N) is 2. The van der Waals surface area contributed by atoms with E-state index in [9.17, 15) is 18.7 Å². The van der Waals surface area contributed by atoms with E-state index in [-0.39, 0.29) is 36.7 Å². The molecule has 0 aromatic carbocycles. The summed E-state index contributed by atoms with van der Waals surface area (Å²) >= 11 is 0. The van der Waals surface area contributed by atoms with Crippen molar-refractivity contribution in [3.05, 3.63) is 11.8 Å². The maximum atomic E-state index is 12.9. The zero-order valence-corrected chi connectivity index (χ0v) is 17.7. The normalized spacial score (nSPS) is 23.4. The number of alkyl halides is 2. The minimum absolute atomic E-state index is 0.0798. The molecule has 31 heavy (non-hydrogen) atoms. The van der Waals surface area contributed by atoms with E-state index in [4.69, 9.17) is 0 Å². The third-order valence-electron chi connectivity index (χ3n) is 5.59. The molecule has 0 radical (unpaired) electrons. The summed E-state index contributed by atoms with van der Waals surface area (Å²) in [5, 5.41) is 22.3. The van der Waals surface area contributed by atoms with Crippen molar-refractivity contribution in [1.82, 2.24) is 20.6 Å². The van der Waals surface area contributed by atoms with Crippen LogP contribution >= 0.6 is 0 Å². The van der Waals surface area contributed by atoms with Crippen LogP contribution in [-0.2, 0) is 4.74 Å². The Kier molecular flexibility index (Phi) is 8.73. The molecule has 11 heteroatoms. The van der Waals surface area contributed by atoms with Crippen molar-refractivity contribution in [2.45, 2.75) is 76.3 Å². The molecule has 3 rings (SSSR count). The molecule has 0 bridgehead atoms. The monoisotopic (exact) mass is 442 g/mol. The molecule has 1 aromatic heterocycles. The van der Waals surface area contributed by atoms with Crippen LogP contribution in [0, 0.1) is 0 Å². The lowest BCUT2D eigenvalue weighted by atomic mass is 9.93. The molecule has 174 valence electrons. The van der Waals surface area contributed by atoms with Gasteiger partial charge in [0.1, 0.15) is 11.4 Å². The van der Waals surface area contributed by atoms with Crippen molar-refractivity contribution in [2.75, 3.05) is 30.3 Å². The van der Waals surface area contributed by atoms with Crippen molar-refractivity contribution in [3.8, 4) is 0 Å². The highest BCUT2D eigenvalue weighted by atomic mass is 19.3. The van der Waals surface area contributed by atoms with Crippen LogP contribution in [0.15, 0.2) is 6.20 Å². The summed E-state index contributed by atoms with van der Waals surface area (Å²) in [6.45, 7) is 0.350. The number of aromatic nitrogens is 2. The Morgan fingerprint density at radius 1 is 1.23 bits per heavy atom. The summed E-state index contributed by atoms with van der Waals surface area (Å²) in [6, 6.07) is -0.270. The third-order valence-corrected chi connectivity index (χ3v) is 5.59. The number of hydrogen-bond acceptors (Lipinski definition) is 8. The number of carbonyl (C=O) groups excluding carboxylic acids is 1. The van der Waals surface area contributed by atoms with Gasteiger partial charge in [0.15, 0.2) is 0 Å². The maximum absolute atomic E-state index is 12.9. The van der Waals surface area contributed by atoms with Crippen LogP contribution in [0.5, 0.6) is 0 Å². The van der Waals surface area contributed by atoms with Gasteiger partial charge < -0.3 is 31.1 Å². The number of amides is 1. The number of aliphatic hydroxyl groups excluding tert-OH is 1. The predicted molar refractivity (Wildman–Crippen MR) is 112 cm³/mol. The average molecular weight is 443 g/mol. The van der Waals surface area contributed by atoms with Gasteiger partial charge in [0.05, 0.1) is 12.7 Å². The first-order chi connectivity index (χ1) is 14.9. The van der Waals surface area contributed by atoms with Crippen LogP contribution in [0.25, 0.3) is 0 Å². The molecule has 1 aliphatic carbocycles. The molecule has 2 aliphatic rings. The lowest BCUT2D eigenvalue weighted by molar-refractivity contribution is -0.130. The molecule has 9 nitrogen and oxygen atoms in total. The number of carbonyl (C=O) groups is 1. The number of piperidine rings is 1. The molecular weight excluding hydrogens is 410 g/mol. The van der Waals surface area contributed by atoms with Gasteiger partial charge in [-0.25, -0.2) is 4.98 Å². The van der Waals surface area contributed by atoms with Crippen molar-refractivity contribution in [3.63, 3.8) is 0 Å². The zero-order valence-electron chi connectivity index (χ0n) is 17.7. The molecule has 1 saturated carbocycles. The summed E-state index contributed by atoms with van der Waals surface area (Å²) in [5.74, 6) is 0.375. The first-order valence-corrected chi connectivity index (χ1v) is 10.9. The van der Waals surface area contributed by atoms with Crippen LogP contribution < -0.4 is 21.3 Å². The van der Waals surface area contributed by atoms with Gasteiger partial charge in [-0.15, -0.1) is 0 Å². The van der Waals surface area contributed by atoms with Crippen LogP contribution in [0.2, 0.25) is 0 Å². The average Bonchev–Trinajstić information content (AvgIpc) is 2.75. The predicted octanol–water partition coefficient (Wildman–Crippen LogP) is 1.71. The smallest absolute Gasteiger partial charge is 0.345 e. The van der Waals surface area contributed by atoms with Gasteiger partial charge in [-0.2, -0.15) is 13.8 Å². The first-order valence-electron chi connectivity index (χ1n) is 10.9. The van der Waals surface area contributed by atoms with Crippen molar-refractivity contribution in [1.29, 1.82) is 0 Å². The fourth-order valence-electron chi connectivity index (χ4n) is 3.85. The second-order valence-corrected chi connectivity index (χ2v) is 8.24. The van der Waals surface area contributed by atoms with Crippen molar-refractivity contribution in [2.24, 2.45) is 0 Å². The van der Waals surface area contributed by atoms with Crippen LogP contribution in [0.3, 0.4) is 0 Å². The lowest BCUT2D eigenvalue weighted by Crippen LogP contribution is -2.43. The van der Waals surface area contributed by atoms with E-state index in [0.717, 1.165) is 38.8 Å². The Bertz CT molecular complexity index is 712. The van der Waals surface area contributed by atoms with Crippen LogP contribution in [0.4, 0.5) is 20.5 Å². The second-order valence-electron chi connectivity index (χ2n) is 8.24. The van der Waals surface area contributed by atoms with E-state index >= 15 is 0 Å². The fraction of sp³-hybridized carbons (Fsp3) is 0.750. The number of ether oxygens (including phenoxy) is 1. The number of rotatable bonds is 9. The molecule has 5 N–H and O–H groups in total. The first kappa shape index (κ1) is 23.6. The maximum Gasteiger partial charge on any atom is 0.345 e. The molecule has 1 amide bonds. The van der Waals surface area contributed by atoms with E-state index in [1.54, 1.807) is 6.92 Å². The van der Waals surface area contributed by atoms with E-state index in [1.807, 2.05) is 0 Å². The molecule has 1 unspecified atom stereocenters. The molecule has 1 saturated heterocycles. The molecule has 1 aromatic rings. The standard InChI is InChI=1S/C20H32F2N6O3/c1-12(11-31-19(21)22)25-20-24-10-16(18(30)27-14-6-8-23-9-7-14)17(28-20)26-13-2-4-15(29)5-3-13/h10,12-15,19,23,29H,2-9,11H2,1H3,(H,27,30)(H2,24,25,26,28). The highest BCUT2D eigenvalue weighted by molar-refractivity contribution is 5.98. The lowest BCUT2D eigenvalue weighted by Gasteiger charge is -2.28. The summed E-state index contributed by atoms with van der Waals surface area (Å²) in [6.07, 6.45) is 5.78. The number of halogens is 2. The van der Waals surface area contributed by atoms with Gasteiger partial charge in [0, 0.05) is 24.3 Å². The van der Waals surface area contributed by atoms with Crippen LogP contribution in [0.1, 0.15) is 55.8 Å². The number of aliphatic hydroxyl groups is 1. The Hall–Kier alpha value is -2.11. The number of nitrogens with one attached hydrogen (secondary N) is 4. The summed E-state index contributed by atoms with van der Waals surface area (Å²) < 4.78 is 28.8. The van der Waals surface area contributed by atoms with Crippen molar-refractivity contribution >= 4 is 17.7 Å². The topological polar surface area (TPSA) is 120 Å².